The minimum absolute atomic E-state index is 0.137. The number of hydrogen-bond donors (Lipinski definition) is 1. The van der Waals surface area contributed by atoms with Crippen molar-refractivity contribution in [1.29, 1.82) is 0 Å². The predicted molar refractivity (Wildman–Crippen MR) is 95.3 cm³/mol. The number of nitrogens with zero attached hydrogens (tertiary/aromatic N) is 1. The number of hydrazone groups is 1. The van der Waals surface area contributed by atoms with Gasteiger partial charge in [0.25, 0.3) is 5.91 Å². The molecule has 3 nitrogen and oxygen atoms in total. The fourth-order valence-corrected chi connectivity index (χ4v) is 5.98. The molecule has 0 radical (unpaired) electrons. The lowest BCUT2D eigenvalue weighted by Crippen LogP contribution is -2.49. The molecule has 0 saturated heterocycles. The van der Waals surface area contributed by atoms with Crippen LogP contribution in [0, 0.1) is 23.2 Å². The highest BCUT2D eigenvalue weighted by atomic mass is 79.9. The van der Waals surface area contributed by atoms with Crippen LogP contribution in [0.2, 0.25) is 0 Å². The largest absolute Gasteiger partial charge is 0.272 e. The molecule has 4 aliphatic rings. The predicted octanol–water partition coefficient (Wildman–Crippen LogP) is 4.77. The van der Waals surface area contributed by atoms with Gasteiger partial charge in [-0.2, -0.15) is 5.10 Å². The SMILES string of the molecule is C/C(=N/NC(=O)c1ccccc1Br)C12CC3CC(CC(C3)C1)C2. The number of rotatable bonds is 3. The van der Waals surface area contributed by atoms with E-state index in [0.717, 1.165) is 27.9 Å². The third-order valence-corrected chi connectivity index (χ3v) is 6.94. The van der Waals surface area contributed by atoms with Gasteiger partial charge in [-0.1, -0.05) is 12.1 Å². The highest BCUT2D eigenvalue weighted by molar-refractivity contribution is 9.10. The Balaban J connectivity index is 1.51. The fourth-order valence-electron chi connectivity index (χ4n) is 5.51. The van der Waals surface area contributed by atoms with Crippen molar-refractivity contribution in [2.45, 2.75) is 45.4 Å². The van der Waals surface area contributed by atoms with Crippen LogP contribution in [0.1, 0.15) is 55.8 Å². The molecule has 1 amide bonds. The Hall–Kier alpha value is -1.16. The standard InChI is InChI=1S/C19H23BrN2O/c1-12(21-22-18(23)16-4-2-3-5-17(16)20)19-9-13-6-14(10-19)8-15(7-13)11-19/h2-5,13-15H,6-11H2,1H3,(H,22,23)/b21-12-. The molecule has 1 N–H and O–H groups in total. The lowest BCUT2D eigenvalue weighted by molar-refractivity contribution is -0.0128. The smallest absolute Gasteiger partial charge is 0.267 e. The molecule has 4 heteroatoms. The van der Waals surface area contributed by atoms with E-state index in [4.69, 9.17) is 0 Å². The van der Waals surface area contributed by atoms with Crippen molar-refractivity contribution < 1.29 is 4.79 Å². The Morgan fingerprint density at radius 1 is 1.13 bits per heavy atom. The van der Waals surface area contributed by atoms with Crippen LogP contribution in [-0.2, 0) is 0 Å². The van der Waals surface area contributed by atoms with Crippen LogP contribution in [0.15, 0.2) is 33.8 Å². The van der Waals surface area contributed by atoms with Crippen LogP contribution in [0.4, 0.5) is 0 Å². The molecule has 0 atom stereocenters. The van der Waals surface area contributed by atoms with Crippen LogP contribution >= 0.6 is 15.9 Å². The minimum atomic E-state index is -0.137. The maximum Gasteiger partial charge on any atom is 0.272 e. The van der Waals surface area contributed by atoms with Crippen molar-refractivity contribution in [3.05, 3.63) is 34.3 Å². The van der Waals surface area contributed by atoms with Gasteiger partial charge in [0.2, 0.25) is 0 Å². The van der Waals surface area contributed by atoms with Crippen LogP contribution in [-0.4, -0.2) is 11.6 Å². The average molecular weight is 375 g/mol. The monoisotopic (exact) mass is 374 g/mol. The zero-order valence-electron chi connectivity index (χ0n) is 13.5. The molecule has 0 unspecified atom stereocenters. The van der Waals surface area contributed by atoms with Crippen LogP contribution in [0.5, 0.6) is 0 Å². The zero-order valence-corrected chi connectivity index (χ0v) is 15.1. The Labute approximate surface area is 146 Å². The van der Waals surface area contributed by atoms with Gasteiger partial charge in [0.1, 0.15) is 0 Å². The summed E-state index contributed by atoms with van der Waals surface area (Å²) in [7, 11) is 0. The van der Waals surface area contributed by atoms with E-state index in [9.17, 15) is 4.79 Å². The number of halogens is 1. The number of nitrogens with one attached hydrogen (secondary N) is 1. The summed E-state index contributed by atoms with van der Waals surface area (Å²) in [5, 5.41) is 4.53. The van der Waals surface area contributed by atoms with E-state index in [1.807, 2.05) is 24.3 Å². The van der Waals surface area contributed by atoms with E-state index >= 15 is 0 Å². The van der Waals surface area contributed by atoms with Gasteiger partial charge in [-0.15, -0.1) is 0 Å². The van der Waals surface area contributed by atoms with Crippen molar-refractivity contribution >= 4 is 27.5 Å². The van der Waals surface area contributed by atoms with Crippen LogP contribution in [0.25, 0.3) is 0 Å². The molecule has 1 aromatic rings. The van der Waals surface area contributed by atoms with Gasteiger partial charge >= 0.3 is 0 Å². The summed E-state index contributed by atoms with van der Waals surface area (Å²) in [5.74, 6) is 2.54. The minimum Gasteiger partial charge on any atom is -0.267 e. The van der Waals surface area contributed by atoms with Crippen molar-refractivity contribution in [3.63, 3.8) is 0 Å². The molecule has 4 bridgehead atoms. The van der Waals surface area contributed by atoms with Gasteiger partial charge in [-0.25, -0.2) is 5.43 Å². The number of benzene rings is 1. The second-order valence-corrected chi connectivity index (χ2v) is 8.67. The molecule has 0 aliphatic heterocycles. The van der Waals surface area contributed by atoms with Gasteiger partial charge in [0.15, 0.2) is 0 Å². The molecule has 1 aromatic carbocycles. The highest BCUT2D eigenvalue weighted by Crippen LogP contribution is 2.60. The summed E-state index contributed by atoms with van der Waals surface area (Å²) in [6.45, 7) is 2.12. The first-order valence-corrected chi connectivity index (χ1v) is 9.45. The van der Waals surface area contributed by atoms with Crippen molar-refractivity contribution in [1.82, 2.24) is 5.43 Å². The maximum atomic E-state index is 12.3. The van der Waals surface area contributed by atoms with E-state index < -0.39 is 0 Å². The van der Waals surface area contributed by atoms with E-state index in [1.54, 1.807) is 0 Å². The molecule has 0 spiro atoms. The molecule has 0 aromatic heterocycles. The summed E-state index contributed by atoms with van der Waals surface area (Å²) in [5.41, 5.74) is 4.81. The molecule has 122 valence electrons. The van der Waals surface area contributed by atoms with Gasteiger partial charge in [-0.3, -0.25) is 4.79 Å². The topological polar surface area (TPSA) is 41.5 Å². The van der Waals surface area contributed by atoms with Gasteiger partial charge in [0.05, 0.1) is 5.56 Å². The molecular formula is C19H23BrN2O. The molecule has 4 fully saturated rings. The average Bonchev–Trinajstić information content (AvgIpc) is 2.51. The van der Waals surface area contributed by atoms with E-state index in [0.29, 0.717) is 5.56 Å². The number of amides is 1. The molecule has 4 aliphatic carbocycles. The number of hydrogen-bond acceptors (Lipinski definition) is 2. The summed E-state index contributed by atoms with van der Waals surface area (Å²) in [6, 6.07) is 7.47. The normalized spacial score (nSPS) is 35.4. The van der Waals surface area contributed by atoms with Gasteiger partial charge in [0, 0.05) is 15.6 Å². The van der Waals surface area contributed by atoms with Gasteiger partial charge < -0.3 is 0 Å². The third kappa shape index (κ3) is 2.75. The summed E-state index contributed by atoms with van der Waals surface area (Å²) in [6.07, 6.45) is 8.11. The quantitative estimate of drug-likeness (QED) is 0.600. The molecule has 0 heterocycles. The molecule has 4 saturated carbocycles. The van der Waals surface area contributed by atoms with Crippen LogP contribution < -0.4 is 5.43 Å². The van der Waals surface area contributed by atoms with E-state index in [1.165, 1.54) is 38.5 Å². The third-order valence-electron chi connectivity index (χ3n) is 6.25. The first-order valence-electron chi connectivity index (χ1n) is 8.65. The molecule has 23 heavy (non-hydrogen) atoms. The summed E-state index contributed by atoms with van der Waals surface area (Å²) in [4.78, 5) is 12.3. The summed E-state index contributed by atoms with van der Waals surface area (Å²) >= 11 is 3.43. The fraction of sp³-hybridized carbons (Fsp3) is 0.579. The van der Waals surface area contributed by atoms with E-state index in [2.05, 4.69) is 33.4 Å². The first-order chi connectivity index (χ1) is 11.1. The van der Waals surface area contributed by atoms with Crippen molar-refractivity contribution in [3.8, 4) is 0 Å². The molecule has 5 rings (SSSR count). The van der Waals surface area contributed by atoms with E-state index in [-0.39, 0.29) is 11.3 Å². The Kier molecular flexibility index (Phi) is 3.83. The number of carbonyl (C=O) groups is 1. The Morgan fingerprint density at radius 3 is 2.26 bits per heavy atom. The van der Waals surface area contributed by atoms with Crippen LogP contribution in [0.3, 0.4) is 0 Å². The lowest BCUT2D eigenvalue weighted by atomic mass is 9.48. The number of carbonyl (C=O) groups excluding carboxylic acids is 1. The maximum absolute atomic E-state index is 12.3. The summed E-state index contributed by atoms with van der Waals surface area (Å²) < 4.78 is 0.806. The van der Waals surface area contributed by atoms with Crippen molar-refractivity contribution in [2.24, 2.45) is 28.3 Å². The zero-order chi connectivity index (χ0) is 16.0. The highest BCUT2D eigenvalue weighted by Gasteiger charge is 2.52. The lowest BCUT2D eigenvalue weighted by Gasteiger charge is -2.56. The second kappa shape index (κ2) is 5.73. The Bertz CT molecular complexity index is 632. The van der Waals surface area contributed by atoms with Crippen molar-refractivity contribution in [2.75, 3.05) is 0 Å². The first kappa shape index (κ1) is 15.4. The van der Waals surface area contributed by atoms with Gasteiger partial charge in [-0.05, 0) is 91.3 Å². The molecular weight excluding hydrogens is 352 g/mol. The second-order valence-electron chi connectivity index (χ2n) is 7.82. The Morgan fingerprint density at radius 2 is 1.70 bits per heavy atom.